The third-order valence-corrected chi connectivity index (χ3v) is 3.14. The fraction of sp³-hybridized carbons (Fsp3) is 0.133. The molecule has 0 saturated carbocycles. The molecule has 0 atom stereocenters. The molecule has 4 heteroatoms. The molecule has 2 N–H and O–H groups in total. The van der Waals surface area contributed by atoms with E-state index in [0.717, 1.165) is 28.0 Å². The smallest absolute Gasteiger partial charge is 0.230 e. The van der Waals surface area contributed by atoms with Gasteiger partial charge in [0.15, 0.2) is 0 Å². The molecule has 0 radical (unpaired) electrons. The molecule has 0 aliphatic rings. The molecule has 1 aromatic carbocycles. The van der Waals surface area contributed by atoms with E-state index in [2.05, 4.69) is 11.2 Å². The van der Waals surface area contributed by atoms with Gasteiger partial charge in [0.1, 0.15) is 11.5 Å². The normalized spacial score (nSPS) is 10.8. The van der Waals surface area contributed by atoms with Crippen LogP contribution in [0.25, 0.3) is 22.4 Å². The second-order valence-corrected chi connectivity index (χ2v) is 4.53. The summed E-state index contributed by atoms with van der Waals surface area (Å²) < 4.78 is 10.5. The Morgan fingerprint density at radius 1 is 1.16 bits per heavy atom. The van der Waals surface area contributed by atoms with Gasteiger partial charge in [0.05, 0.1) is 11.8 Å². The number of anilines is 1. The second-order valence-electron chi connectivity index (χ2n) is 4.53. The van der Waals surface area contributed by atoms with Crippen molar-refractivity contribution in [3.8, 4) is 22.4 Å². The Morgan fingerprint density at radius 2 is 2.00 bits per heavy atom. The van der Waals surface area contributed by atoms with Gasteiger partial charge in [-0.15, -0.1) is 0 Å². The minimum absolute atomic E-state index is 0.321. The van der Waals surface area contributed by atoms with Crippen LogP contribution in [0.4, 0.5) is 5.88 Å². The first-order valence-electron chi connectivity index (χ1n) is 6.03. The molecule has 2 heterocycles. The predicted molar refractivity (Wildman–Crippen MR) is 73.5 cm³/mol. The first-order chi connectivity index (χ1) is 9.16. The lowest BCUT2D eigenvalue weighted by molar-refractivity contribution is 0.439. The lowest BCUT2D eigenvalue weighted by Crippen LogP contribution is -1.88. The summed E-state index contributed by atoms with van der Waals surface area (Å²) in [7, 11) is 0. The average Bonchev–Trinajstić information content (AvgIpc) is 2.95. The Labute approximate surface area is 110 Å². The summed E-state index contributed by atoms with van der Waals surface area (Å²) in [4.78, 5) is 0. The third kappa shape index (κ3) is 1.91. The standard InChI is InChI=1S/C15H14N2O2/c1-9-4-3-5-11(8-9)13-14(17-19-15(13)16)12-6-7-18-10(12)2/h3-8H,16H2,1-2H3. The minimum atomic E-state index is 0.321. The van der Waals surface area contributed by atoms with Gasteiger partial charge in [-0.05, 0) is 25.5 Å². The zero-order chi connectivity index (χ0) is 13.4. The van der Waals surface area contributed by atoms with Crippen molar-refractivity contribution >= 4 is 5.88 Å². The fourth-order valence-electron chi connectivity index (χ4n) is 2.20. The van der Waals surface area contributed by atoms with Crippen molar-refractivity contribution in [2.45, 2.75) is 13.8 Å². The van der Waals surface area contributed by atoms with Crippen molar-refractivity contribution < 1.29 is 8.94 Å². The van der Waals surface area contributed by atoms with Crippen LogP contribution in [-0.4, -0.2) is 5.16 Å². The molecule has 0 bridgehead atoms. The van der Waals surface area contributed by atoms with Gasteiger partial charge in [-0.25, -0.2) is 0 Å². The van der Waals surface area contributed by atoms with Gasteiger partial charge >= 0.3 is 0 Å². The minimum Gasteiger partial charge on any atom is -0.469 e. The van der Waals surface area contributed by atoms with Crippen LogP contribution >= 0.6 is 0 Å². The molecule has 0 amide bonds. The lowest BCUT2D eigenvalue weighted by atomic mass is 10.00. The zero-order valence-electron chi connectivity index (χ0n) is 10.8. The molecular weight excluding hydrogens is 240 g/mol. The van der Waals surface area contributed by atoms with Crippen LogP contribution in [0.5, 0.6) is 0 Å². The summed E-state index contributed by atoms with van der Waals surface area (Å²) in [5.74, 6) is 1.11. The van der Waals surface area contributed by atoms with Crippen LogP contribution in [0, 0.1) is 13.8 Å². The molecule has 0 spiro atoms. The van der Waals surface area contributed by atoms with Crippen molar-refractivity contribution in [1.82, 2.24) is 5.16 Å². The number of hydrogen-bond acceptors (Lipinski definition) is 4. The number of aromatic nitrogens is 1. The van der Waals surface area contributed by atoms with Crippen LogP contribution in [0.15, 0.2) is 45.5 Å². The molecule has 96 valence electrons. The summed E-state index contributed by atoms with van der Waals surface area (Å²) >= 11 is 0. The SMILES string of the molecule is Cc1cccc(-c2c(-c3ccoc3C)noc2N)c1. The molecule has 4 nitrogen and oxygen atoms in total. The van der Waals surface area contributed by atoms with Gasteiger partial charge in [-0.2, -0.15) is 0 Å². The van der Waals surface area contributed by atoms with Gasteiger partial charge in [0.25, 0.3) is 0 Å². The molecule has 0 aliphatic heterocycles. The van der Waals surface area contributed by atoms with Gasteiger partial charge < -0.3 is 14.7 Å². The molecule has 3 aromatic rings. The summed E-state index contributed by atoms with van der Waals surface area (Å²) in [6.07, 6.45) is 1.63. The maximum absolute atomic E-state index is 5.92. The Kier molecular flexibility index (Phi) is 2.63. The number of nitrogens with zero attached hydrogens (tertiary/aromatic N) is 1. The molecule has 2 aromatic heterocycles. The highest BCUT2D eigenvalue weighted by Gasteiger charge is 2.19. The van der Waals surface area contributed by atoms with Crippen LogP contribution < -0.4 is 5.73 Å². The molecule has 19 heavy (non-hydrogen) atoms. The number of benzene rings is 1. The summed E-state index contributed by atoms with van der Waals surface area (Å²) in [5.41, 5.74) is 10.5. The van der Waals surface area contributed by atoms with Gasteiger partial charge in [-0.1, -0.05) is 35.0 Å². The summed E-state index contributed by atoms with van der Waals surface area (Å²) in [6, 6.07) is 9.95. The Balaban J connectivity index is 2.22. The number of rotatable bonds is 2. The number of hydrogen-bond donors (Lipinski definition) is 1. The van der Waals surface area contributed by atoms with E-state index >= 15 is 0 Å². The Morgan fingerprint density at radius 3 is 2.68 bits per heavy atom. The van der Waals surface area contributed by atoms with Crippen molar-refractivity contribution in [1.29, 1.82) is 0 Å². The largest absolute Gasteiger partial charge is 0.469 e. The quantitative estimate of drug-likeness (QED) is 0.755. The first-order valence-corrected chi connectivity index (χ1v) is 6.03. The average molecular weight is 254 g/mol. The van der Waals surface area contributed by atoms with E-state index in [4.69, 9.17) is 14.7 Å². The van der Waals surface area contributed by atoms with Crippen LogP contribution in [0.1, 0.15) is 11.3 Å². The first kappa shape index (κ1) is 11.6. The molecule has 3 rings (SSSR count). The maximum Gasteiger partial charge on any atom is 0.230 e. The van der Waals surface area contributed by atoms with Crippen LogP contribution in [0.3, 0.4) is 0 Å². The monoisotopic (exact) mass is 254 g/mol. The van der Waals surface area contributed by atoms with Crippen molar-refractivity contribution in [2.24, 2.45) is 0 Å². The number of nitrogen functional groups attached to an aromatic ring is 1. The molecule has 0 fully saturated rings. The molecule has 0 aliphatic carbocycles. The highest BCUT2D eigenvalue weighted by molar-refractivity contribution is 5.87. The van der Waals surface area contributed by atoms with Crippen LogP contribution in [-0.2, 0) is 0 Å². The number of aryl methyl sites for hydroxylation is 2. The summed E-state index contributed by atoms with van der Waals surface area (Å²) in [6.45, 7) is 3.93. The van der Waals surface area contributed by atoms with Crippen molar-refractivity contribution in [3.63, 3.8) is 0 Å². The third-order valence-electron chi connectivity index (χ3n) is 3.14. The zero-order valence-corrected chi connectivity index (χ0v) is 10.8. The highest BCUT2D eigenvalue weighted by atomic mass is 16.5. The van der Waals surface area contributed by atoms with E-state index in [0.29, 0.717) is 11.6 Å². The lowest BCUT2D eigenvalue weighted by Gasteiger charge is -2.03. The topological polar surface area (TPSA) is 65.2 Å². The van der Waals surface area contributed by atoms with Crippen molar-refractivity contribution in [3.05, 3.63) is 47.9 Å². The van der Waals surface area contributed by atoms with E-state index in [1.165, 1.54) is 0 Å². The van der Waals surface area contributed by atoms with Gasteiger partial charge in [-0.3, -0.25) is 0 Å². The molecule has 0 unspecified atom stereocenters. The maximum atomic E-state index is 5.92. The number of nitrogens with two attached hydrogens (primary N) is 1. The fourth-order valence-corrected chi connectivity index (χ4v) is 2.20. The van der Waals surface area contributed by atoms with E-state index in [-0.39, 0.29) is 0 Å². The molecular formula is C15H14N2O2. The highest BCUT2D eigenvalue weighted by Crippen LogP contribution is 2.37. The summed E-state index contributed by atoms with van der Waals surface area (Å²) in [5, 5.41) is 4.07. The second kappa shape index (κ2) is 4.31. The predicted octanol–water partition coefficient (Wildman–Crippen LogP) is 3.80. The Hall–Kier alpha value is -2.49. The van der Waals surface area contributed by atoms with E-state index in [1.807, 2.05) is 38.1 Å². The van der Waals surface area contributed by atoms with Gasteiger partial charge in [0.2, 0.25) is 5.88 Å². The van der Waals surface area contributed by atoms with Gasteiger partial charge in [0, 0.05) is 5.56 Å². The van der Waals surface area contributed by atoms with E-state index < -0.39 is 0 Å². The van der Waals surface area contributed by atoms with Crippen LogP contribution in [0.2, 0.25) is 0 Å². The van der Waals surface area contributed by atoms with Crippen molar-refractivity contribution in [2.75, 3.05) is 5.73 Å². The van der Waals surface area contributed by atoms with E-state index in [1.54, 1.807) is 6.26 Å². The Bertz CT molecular complexity index is 725. The number of furan rings is 1. The van der Waals surface area contributed by atoms with E-state index in [9.17, 15) is 0 Å². The molecule has 0 saturated heterocycles.